The van der Waals surface area contributed by atoms with E-state index in [9.17, 15) is 14.9 Å². The highest BCUT2D eigenvalue weighted by atomic mass is 16.6. The molecule has 0 radical (unpaired) electrons. The number of aliphatic imine (C=N–C) groups is 1. The highest BCUT2D eigenvalue weighted by molar-refractivity contribution is 5.87. The van der Waals surface area contributed by atoms with Gasteiger partial charge in [-0.3, -0.25) is 14.9 Å². The van der Waals surface area contributed by atoms with Crippen molar-refractivity contribution in [3.8, 4) is 11.1 Å². The minimum Gasteiger partial charge on any atom is -0.373 e. The molecule has 0 N–H and O–H groups in total. The molecule has 2 rings (SSSR count). The van der Waals surface area contributed by atoms with Crippen molar-refractivity contribution in [1.82, 2.24) is 4.57 Å². The second-order valence-corrected chi connectivity index (χ2v) is 6.50. The van der Waals surface area contributed by atoms with E-state index in [1.165, 1.54) is 10.6 Å². The van der Waals surface area contributed by atoms with E-state index in [0.29, 0.717) is 17.9 Å². The quantitative estimate of drug-likeness (QED) is 0.447. The van der Waals surface area contributed by atoms with Crippen LogP contribution in [0.1, 0.15) is 26.3 Å². The summed E-state index contributed by atoms with van der Waals surface area (Å²) in [6, 6.07) is 6.53. The first kappa shape index (κ1) is 19.5. The van der Waals surface area contributed by atoms with Crippen LogP contribution < -0.4 is 5.56 Å². The van der Waals surface area contributed by atoms with Gasteiger partial charge in [0.05, 0.1) is 17.6 Å². The van der Waals surface area contributed by atoms with Crippen LogP contribution in [-0.4, -0.2) is 27.9 Å². The SMILES string of the molecule is CC(COC(C)C)=Nc1cc(-c2cc(C)c(=O)n(C)c2)ccc1[N+](=O)[O-]. The monoisotopic (exact) mass is 357 g/mol. The lowest BCUT2D eigenvalue weighted by atomic mass is 10.0. The first-order valence-electron chi connectivity index (χ1n) is 8.31. The Morgan fingerprint density at radius 2 is 2.00 bits per heavy atom. The van der Waals surface area contributed by atoms with Crippen LogP contribution in [0, 0.1) is 17.0 Å². The Hall–Kier alpha value is -2.80. The third-order valence-corrected chi connectivity index (χ3v) is 3.80. The fourth-order valence-corrected chi connectivity index (χ4v) is 2.51. The van der Waals surface area contributed by atoms with Gasteiger partial charge in [0.25, 0.3) is 11.2 Å². The first-order valence-corrected chi connectivity index (χ1v) is 8.31. The molecular weight excluding hydrogens is 334 g/mol. The number of nitrogens with zero attached hydrogens (tertiary/aromatic N) is 3. The fourth-order valence-electron chi connectivity index (χ4n) is 2.51. The maximum atomic E-state index is 11.9. The Morgan fingerprint density at radius 1 is 1.31 bits per heavy atom. The van der Waals surface area contributed by atoms with Crippen molar-refractivity contribution < 1.29 is 9.66 Å². The number of aromatic nitrogens is 1. The second kappa shape index (κ2) is 8.05. The summed E-state index contributed by atoms with van der Waals surface area (Å²) < 4.78 is 6.99. The predicted molar refractivity (Wildman–Crippen MR) is 102 cm³/mol. The summed E-state index contributed by atoms with van der Waals surface area (Å²) in [5.74, 6) is 0. The van der Waals surface area contributed by atoms with Gasteiger partial charge in [-0.25, -0.2) is 4.99 Å². The standard InChI is InChI=1S/C19H23N3O4/c1-12(2)26-11-14(4)20-17-9-15(6-7-18(17)22(24)25)16-8-13(3)19(23)21(5)10-16/h6-10,12H,11H2,1-5H3. The molecule has 0 aliphatic heterocycles. The van der Waals surface area contributed by atoms with Crippen LogP contribution in [-0.2, 0) is 11.8 Å². The zero-order chi connectivity index (χ0) is 19.4. The van der Waals surface area contributed by atoms with Crippen LogP contribution in [0.25, 0.3) is 11.1 Å². The lowest BCUT2D eigenvalue weighted by molar-refractivity contribution is -0.384. The zero-order valence-corrected chi connectivity index (χ0v) is 15.6. The average molecular weight is 357 g/mol. The average Bonchev–Trinajstić information content (AvgIpc) is 2.57. The van der Waals surface area contributed by atoms with Crippen molar-refractivity contribution in [1.29, 1.82) is 0 Å². The molecule has 2 aromatic rings. The fraction of sp³-hybridized carbons (Fsp3) is 0.368. The maximum Gasteiger partial charge on any atom is 0.294 e. The molecule has 26 heavy (non-hydrogen) atoms. The topological polar surface area (TPSA) is 86.7 Å². The van der Waals surface area contributed by atoms with Gasteiger partial charge in [-0.1, -0.05) is 0 Å². The zero-order valence-electron chi connectivity index (χ0n) is 15.6. The summed E-state index contributed by atoms with van der Waals surface area (Å²) in [4.78, 5) is 27.1. The van der Waals surface area contributed by atoms with E-state index in [-0.39, 0.29) is 23.0 Å². The van der Waals surface area contributed by atoms with Gasteiger partial charge < -0.3 is 9.30 Å². The number of pyridine rings is 1. The van der Waals surface area contributed by atoms with E-state index in [2.05, 4.69) is 4.99 Å². The lowest BCUT2D eigenvalue weighted by Gasteiger charge is -2.09. The number of hydrogen-bond donors (Lipinski definition) is 0. The molecule has 1 aromatic heterocycles. The molecule has 0 atom stereocenters. The van der Waals surface area contributed by atoms with Gasteiger partial charge in [0.15, 0.2) is 0 Å². The van der Waals surface area contributed by atoms with Gasteiger partial charge in [-0.05, 0) is 57.0 Å². The van der Waals surface area contributed by atoms with E-state index in [4.69, 9.17) is 4.74 Å². The molecule has 0 unspecified atom stereocenters. The second-order valence-electron chi connectivity index (χ2n) is 6.50. The van der Waals surface area contributed by atoms with Crippen LogP contribution in [0.3, 0.4) is 0 Å². The van der Waals surface area contributed by atoms with Gasteiger partial charge in [0.2, 0.25) is 0 Å². The summed E-state index contributed by atoms with van der Waals surface area (Å²) in [7, 11) is 1.68. The highest BCUT2D eigenvalue weighted by Crippen LogP contribution is 2.32. The molecule has 0 aliphatic carbocycles. The maximum absolute atomic E-state index is 11.9. The third-order valence-electron chi connectivity index (χ3n) is 3.80. The van der Waals surface area contributed by atoms with Gasteiger partial charge in [0.1, 0.15) is 5.69 Å². The van der Waals surface area contributed by atoms with E-state index in [0.717, 1.165) is 11.1 Å². The molecule has 1 aromatic carbocycles. The Bertz CT molecular complexity index is 887. The number of benzene rings is 1. The van der Waals surface area contributed by atoms with Crippen LogP contribution >= 0.6 is 0 Å². The summed E-state index contributed by atoms with van der Waals surface area (Å²) in [5, 5.41) is 11.3. The molecule has 0 amide bonds. The first-order chi connectivity index (χ1) is 12.2. The molecule has 0 fully saturated rings. The largest absolute Gasteiger partial charge is 0.373 e. The molecular formula is C19H23N3O4. The van der Waals surface area contributed by atoms with E-state index >= 15 is 0 Å². The van der Waals surface area contributed by atoms with Crippen molar-refractivity contribution in [3.05, 3.63) is 56.5 Å². The number of nitro groups is 1. The number of hydrogen-bond acceptors (Lipinski definition) is 5. The molecule has 0 spiro atoms. The van der Waals surface area contributed by atoms with Gasteiger partial charge in [-0.15, -0.1) is 0 Å². The molecule has 0 saturated heterocycles. The molecule has 138 valence electrons. The number of rotatable bonds is 6. The van der Waals surface area contributed by atoms with Crippen molar-refractivity contribution in [2.75, 3.05) is 6.61 Å². The molecule has 1 heterocycles. The Kier molecular flexibility index (Phi) is 6.05. The molecule has 0 aliphatic rings. The molecule has 0 bridgehead atoms. The van der Waals surface area contributed by atoms with Crippen molar-refractivity contribution in [2.24, 2.45) is 12.0 Å². The third kappa shape index (κ3) is 4.64. The Labute approximate surface area is 152 Å². The molecule has 0 saturated carbocycles. The molecule has 7 nitrogen and oxygen atoms in total. The van der Waals surface area contributed by atoms with Crippen LogP contribution in [0.5, 0.6) is 0 Å². The smallest absolute Gasteiger partial charge is 0.294 e. The van der Waals surface area contributed by atoms with Crippen molar-refractivity contribution in [3.63, 3.8) is 0 Å². The van der Waals surface area contributed by atoms with Crippen molar-refractivity contribution in [2.45, 2.75) is 33.8 Å². The lowest BCUT2D eigenvalue weighted by Crippen LogP contribution is -2.18. The van der Waals surface area contributed by atoms with Crippen molar-refractivity contribution >= 4 is 17.1 Å². The number of nitro benzene ring substituents is 1. The summed E-state index contributed by atoms with van der Waals surface area (Å²) in [5.41, 5.74) is 2.93. The summed E-state index contributed by atoms with van der Waals surface area (Å²) >= 11 is 0. The number of aryl methyl sites for hydroxylation is 2. The normalized spacial score (nSPS) is 11.8. The summed E-state index contributed by atoms with van der Waals surface area (Å²) in [6.45, 7) is 7.65. The minimum atomic E-state index is -0.453. The minimum absolute atomic E-state index is 0.0510. The van der Waals surface area contributed by atoms with Gasteiger partial charge in [-0.2, -0.15) is 0 Å². The Morgan fingerprint density at radius 3 is 2.58 bits per heavy atom. The number of ether oxygens (including phenoxy) is 1. The Balaban J connectivity index is 2.50. The van der Waals surface area contributed by atoms with Crippen LogP contribution in [0.15, 0.2) is 40.2 Å². The van der Waals surface area contributed by atoms with Gasteiger partial charge >= 0.3 is 0 Å². The summed E-state index contributed by atoms with van der Waals surface area (Å²) in [6.07, 6.45) is 1.76. The molecule has 7 heteroatoms. The van der Waals surface area contributed by atoms with Crippen LogP contribution in [0.2, 0.25) is 0 Å². The highest BCUT2D eigenvalue weighted by Gasteiger charge is 2.15. The van der Waals surface area contributed by atoms with E-state index in [1.54, 1.807) is 45.3 Å². The van der Waals surface area contributed by atoms with E-state index < -0.39 is 4.92 Å². The van der Waals surface area contributed by atoms with E-state index in [1.807, 2.05) is 13.8 Å². The predicted octanol–water partition coefficient (Wildman–Crippen LogP) is 3.79. The van der Waals surface area contributed by atoms with Crippen LogP contribution in [0.4, 0.5) is 11.4 Å². The van der Waals surface area contributed by atoms with Gasteiger partial charge in [0, 0.05) is 30.6 Å².